The molecular weight excluding hydrogens is 344 g/mol. The lowest BCUT2D eigenvalue weighted by atomic mass is 10.3. The van der Waals surface area contributed by atoms with E-state index >= 15 is 0 Å². The predicted octanol–water partition coefficient (Wildman–Crippen LogP) is 0.0764. The van der Waals surface area contributed by atoms with E-state index in [0.29, 0.717) is 0 Å². The van der Waals surface area contributed by atoms with Gasteiger partial charge in [0.2, 0.25) is 10.0 Å². The number of alkyl halides is 2. The maximum absolute atomic E-state index is 13.1. The molecule has 0 bridgehead atoms. The van der Waals surface area contributed by atoms with Crippen LogP contribution in [0.1, 0.15) is 0 Å². The molecule has 0 heterocycles. The number of rotatable bonds is 8. The van der Waals surface area contributed by atoms with Gasteiger partial charge in [-0.1, -0.05) is 11.6 Å². The lowest BCUT2D eigenvalue weighted by Gasteiger charge is -2.16. The molecule has 7 nitrogen and oxygen atoms in total. The van der Waals surface area contributed by atoms with Crippen molar-refractivity contribution in [2.24, 2.45) is 11.5 Å². The van der Waals surface area contributed by atoms with Crippen molar-refractivity contribution in [1.29, 1.82) is 0 Å². The second-order valence-corrected chi connectivity index (χ2v) is 6.40. The molecule has 0 radical (unpaired) electrons. The summed E-state index contributed by atoms with van der Waals surface area (Å²) in [6, 6.07) is 3.49. The lowest BCUT2D eigenvalue weighted by Crippen LogP contribution is -2.41. The zero-order chi connectivity index (χ0) is 17.0. The summed E-state index contributed by atoms with van der Waals surface area (Å²) in [5, 5.41) is 0.0392. The highest BCUT2D eigenvalue weighted by atomic mass is 35.5. The number of hydrogen-bond donors (Lipinski definition) is 3. The third kappa shape index (κ3) is 5.37. The Labute approximate surface area is 130 Å². The van der Waals surface area contributed by atoms with E-state index in [0.717, 1.165) is 6.07 Å². The maximum atomic E-state index is 13.1. The Balaban J connectivity index is 3.06. The van der Waals surface area contributed by atoms with Gasteiger partial charge in [0.1, 0.15) is 10.6 Å². The van der Waals surface area contributed by atoms with Gasteiger partial charge in [0.15, 0.2) is 6.61 Å². The van der Waals surface area contributed by atoms with Crippen molar-refractivity contribution < 1.29 is 26.7 Å². The van der Waals surface area contributed by atoms with Gasteiger partial charge in [-0.25, -0.2) is 21.9 Å². The summed E-state index contributed by atoms with van der Waals surface area (Å²) >= 11 is 5.70. The molecule has 0 aliphatic rings. The fraction of sp³-hybridized carbons (Fsp3) is 0.364. The number of halogens is 3. The van der Waals surface area contributed by atoms with Gasteiger partial charge in [-0.15, -0.1) is 0 Å². The van der Waals surface area contributed by atoms with Gasteiger partial charge >= 0.3 is 0 Å². The number of primary amides is 1. The molecule has 0 aromatic heterocycles. The van der Waals surface area contributed by atoms with Gasteiger partial charge < -0.3 is 16.2 Å². The highest BCUT2D eigenvalue weighted by Crippen LogP contribution is 2.27. The highest BCUT2D eigenvalue weighted by Gasteiger charge is 2.30. The summed E-state index contributed by atoms with van der Waals surface area (Å²) in [5.41, 5.74) is 9.72. The summed E-state index contributed by atoms with van der Waals surface area (Å²) in [4.78, 5) is 10.2. The first kappa shape index (κ1) is 18.6. The Bertz CT molecular complexity index is 655. The molecule has 0 unspecified atom stereocenters. The number of amides is 1. The first-order valence-corrected chi connectivity index (χ1v) is 7.72. The van der Waals surface area contributed by atoms with Crippen molar-refractivity contribution in [2.45, 2.75) is 10.8 Å². The average molecular weight is 358 g/mol. The van der Waals surface area contributed by atoms with Gasteiger partial charge in [0, 0.05) is 5.02 Å². The molecule has 0 fully saturated rings. The molecule has 1 rings (SSSR count). The van der Waals surface area contributed by atoms with E-state index in [4.69, 9.17) is 27.8 Å². The van der Waals surface area contributed by atoms with Crippen LogP contribution in [0.2, 0.25) is 5.02 Å². The molecule has 124 valence electrons. The third-order valence-corrected chi connectivity index (χ3v) is 4.04. The van der Waals surface area contributed by atoms with Crippen LogP contribution in [0.5, 0.6) is 5.75 Å². The monoisotopic (exact) mass is 357 g/mol. The topological polar surface area (TPSA) is 125 Å². The first-order chi connectivity index (χ1) is 10.1. The van der Waals surface area contributed by atoms with Crippen LogP contribution in [-0.2, 0) is 14.8 Å². The molecule has 5 N–H and O–H groups in total. The standard InChI is InChI=1S/C11H14ClF2N3O4S/c12-7-1-2-8(21-4-10(16)18)9(3-7)22(19,20)17-6-11(13,14)5-15/h1-3,17H,4-6,15H2,(H2,16,18). The number of benzene rings is 1. The minimum atomic E-state index is -4.35. The minimum absolute atomic E-state index is 0.0392. The fourth-order valence-corrected chi connectivity index (χ4v) is 2.78. The van der Waals surface area contributed by atoms with Crippen molar-refractivity contribution >= 4 is 27.5 Å². The van der Waals surface area contributed by atoms with Crippen LogP contribution in [0.15, 0.2) is 23.1 Å². The third-order valence-electron chi connectivity index (χ3n) is 2.38. The normalized spacial score (nSPS) is 12.2. The van der Waals surface area contributed by atoms with Crippen LogP contribution in [0.25, 0.3) is 0 Å². The average Bonchev–Trinajstić information content (AvgIpc) is 2.44. The molecule has 0 atom stereocenters. The largest absolute Gasteiger partial charge is 0.482 e. The number of nitrogens with two attached hydrogens (primary N) is 2. The van der Waals surface area contributed by atoms with Crippen LogP contribution in [-0.4, -0.2) is 39.9 Å². The lowest BCUT2D eigenvalue weighted by molar-refractivity contribution is -0.120. The molecule has 11 heteroatoms. The van der Waals surface area contributed by atoms with E-state index in [1.165, 1.54) is 12.1 Å². The second-order valence-electron chi connectivity index (χ2n) is 4.23. The Morgan fingerprint density at radius 1 is 1.41 bits per heavy atom. The molecule has 0 saturated carbocycles. The molecule has 1 amide bonds. The Kier molecular flexibility index (Phi) is 6.06. The van der Waals surface area contributed by atoms with Gasteiger partial charge in [-0.3, -0.25) is 4.79 Å². The van der Waals surface area contributed by atoms with Crippen LogP contribution in [0.3, 0.4) is 0 Å². The molecule has 0 aliphatic carbocycles. The van der Waals surface area contributed by atoms with Crippen LogP contribution in [0.4, 0.5) is 8.78 Å². The van der Waals surface area contributed by atoms with Gasteiger partial charge in [-0.2, -0.15) is 0 Å². The van der Waals surface area contributed by atoms with E-state index in [9.17, 15) is 22.0 Å². The molecule has 1 aromatic carbocycles. The van der Waals surface area contributed by atoms with E-state index in [2.05, 4.69) is 0 Å². The fourth-order valence-electron chi connectivity index (χ4n) is 1.31. The van der Waals surface area contributed by atoms with E-state index in [1.807, 2.05) is 0 Å². The van der Waals surface area contributed by atoms with Gasteiger partial charge in [-0.05, 0) is 18.2 Å². The maximum Gasteiger partial charge on any atom is 0.273 e. The summed E-state index contributed by atoms with van der Waals surface area (Å²) in [6.45, 7) is -2.78. The van der Waals surface area contributed by atoms with Crippen molar-refractivity contribution in [3.63, 3.8) is 0 Å². The summed E-state index contributed by atoms with van der Waals surface area (Å²) in [6.07, 6.45) is 0. The van der Waals surface area contributed by atoms with Crippen LogP contribution < -0.4 is 20.9 Å². The van der Waals surface area contributed by atoms with E-state index in [-0.39, 0.29) is 10.8 Å². The van der Waals surface area contributed by atoms with E-state index in [1.54, 1.807) is 4.72 Å². The molecule has 0 aliphatic heterocycles. The summed E-state index contributed by atoms with van der Waals surface area (Å²) in [5.74, 6) is -4.48. The Morgan fingerprint density at radius 2 is 2.05 bits per heavy atom. The number of ether oxygens (including phenoxy) is 1. The number of hydrogen-bond acceptors (Lipinski definition) is 5. The van der Waals surface area contributed by atoms with Crippen LogP contribution >= 0.6 is 11.6 Å². The highest BCUT2D eigenvalue weighted by molar-refractivity contribution is 7.89. The molecule has 0 saturated heterocycles. The smallest absolute Gasteiger partial charge is 0.273 e. The van der Waals surface area contributed by atoms with Gasteiger partial charge in [0.05, 0.1) is 13.1 Å². The van der Waals surface area contributed by atoms with E-state index < -0.39 is 46.4 Å². The van der Waals surface area contributed by atoms with Crippen LogP contribution in [0, 0.1) is 0 Å². The zero-order valence-electron chi connectivity index (χ0n) is 11.2. The molecule has 0 spiro atoms. The van der Waals surface area contributed by atoms with Crippen molar-refractivity contribution in [3.05, 3.63) is 23.2 Å². The summed E-state index contributed by atoms with van der Waals surface area (Å²) in [7, 11) is -4.35. The molecular formula is C11H14ClF2N3O4S. The van der Waals surface area contributed by atoms with Crippen molar-refractivity contribution in [1.82, 2.24) is 4.72 Å². The Hall–Kier alpha value is -1.49. The quantitative estimate of drug-likeness (QED) is 0.607. The Morgan fingerprint density at radius 3 is 2.59 bits per heavy atom. The minimum Gasteiger partial charge on any atom is -0.482 e. The SMILES string of the molecule is NCC(F)(F)CNS(=O)(=O)c1cc(Cl)ccc1OCC(N)=O. The summed E-state index contributed by atoms with van der Waals surface area (Å²) < 4.78 is 56.9. The number of carbonyl (C=O) groups excluding carboxylic acids is 1. The molecule has 22 heavy (non-hydrogen) atoms. The number of carbonyl (C=O) groups is 1. The molecule has 1 aromatic rings. The number of nitrogens with one attached hydrogen (secondary N) is 1. The predicted molar refractivity (Wildman–Crippen MR) is 75.3 cm³/mol. The van der Waals surface area contributed by atoms with Crippen molar-refractivity contribution in [3.8, 4) is 5.75 Å². The first-order valence-electron chi connectivity index (χ1n) is 5.85. The van der Waals surface area contributed by atoms with Crippen molar-refractivity contribution in [2.75, 3.05) is 19.7 Å². The second kappa shape index (κ2) is 7.18. The van der Waals surface area contributed by atoms with Gasteiger partial charge in [0.25, 0.3) is 11.8 Å². The number of sulfonamides is 1. The zero-order valence-corrected chi connectivity index (χ0v) is 12.8.